The van der Waals surface area contributed by atoms with E-state index in [1.807, 2.05) is 19.1 Å². The summed E-state index contributed by atoms with van der Waals surface area (Å²) in [6.45, 7) is 3.58. The van der Waals surface area contributed by atoms with E-state index >= 15 is 0 Å². The second kappa shape index (κ2) is 10.6. The highest BCUT2D eigenvalue weighted by molar-refractivity contribution is 5.81. The van der Waals surface area contributed by atoms with Gasteiger partial charge in [-0.1, -0.05) is 30.3 Å². The van der Waals surface area contributed by atoms with Crippen LogP contribution < -0.4 is 10.9 Å². The lowest BCUT2D eigenvalue weighted by Gasteiger charge is -2.31. The molecule has 0 unspecified atom stereocenters. The number of aryl methyl sites for hydroxylation is 2. The molecular formula is C26H29FN4O3. The highest BCUT2D eigenvalue weighted by Crippen LogP contribution is 2.18. The molecule has 1 saturated heterocycles. The third-order valence-electron chi connectivity index (χ3n) is 6.49. The van der Waals surface area contributed by atoms with E-state index in [9.17, 15) is 18.8 Å². The minimum atomic E-state index is -0.264. The van der Waals surface area contributed by atoms with Crippen LogP contribution in [0.5, 0.6) is 0 Å². The summed E-state index contributed by atoms with van der Waals surface area (Å²) in [5.41, 5.74) is 2.06. The van der Waals surface area contributed by atoms with Gasteiger partial charge in [-0.25, -0.2) is 9.37 Å². The highest BCUT2D eigenvalue weighted by atomic mass is 19.1. The van der Waals surface area contributed by atoms with Crippen LogP contribution in [-0.4, -0.2) is 45.9 Å². The normalized spacial score (nSPS) is 14.4. The molecular weight excluding hydrogens is 435 g/mol. The largest absolute Gasteiger partial charge is 0.356 e. The first-order valence-corrected chi connectivity index (χ1v) is 11.7. The second-order valence-corrected chi connectivity index (χ2v) is 8.75. The Bertz CT molecular complexity index is 1250. The van der Waals surface area contributed by atoms with Gasteiger partial charge in [-0.05, 0) is 49.4 Å². The third kappa shape index (κ3) is 5.32. The number of nitrogens with zero attached hydrogens (tertiary/aromatic N) is 3. The Labute approximate surface area is 197 Å². The number of carbonyl (C=O) groups is 2. The van der Waals surface area contributed by atoms with Crippen LogP contribution in [0.1, 0.15) is 30.4 Å². The fourth-order valence-corrected chi connectivity index (χ4v) is 4.43. The van der Waals surface area contributed by atoms with Crippen molar-refractivity contribution in [3.8, 4) is 0 Å². The summed E-state index contributed by atoms with van der Waals surface area (Å²) in [6.07, 6.45) is 3.33. The summed E-state index contributed by atoms with van der Waals surface area (Å²) in [5, 5.41) is 3.44. The maximum atomic E-state index is 13.7. The van der Waals surface area contributed by atoms with Gasteiger partial charge in [0.05, 0.1) is 17.2 Å². The van der Waals surface area contributed by atoms with Gasteiger partial charge in [0, 0.05) is 38.5 Å². The van der Waals surface area contributed by atoms with Gasteiger partial charge in [-0.2, -0.15) is 0 Å². The van der Waals surface area contributed by atoms with Crippen molar-refractivity contribution in [1.29, 1.82) is 0 Å². The molecule has 4 rings (SSSR count). The van der Waals surface area contributed by atoms with Gasteiger partial charge in [0.2, 0.25) is 11.8 Å². The number of carbonyl (C=O) groups excluding carboxylic acids is 2. The van der Waals surface area contributed by atoms with E-state index in [2.05, 4.69) is 10.3 Å². The van der Waals surface area contributed by atoms with Crippen LogP contribution in [0.25, 0.3) is 10.9 Å². The lowest BCUT2D eigenvalue weighted by Crippen LogP contribution is -2.43. The molecule has 0 bridgehead atoms. The summed E-state index contributed by atoms with van der Waals surface area (Å²) in [6, 6.07) is 12.0. The Morgan fingerprint density at radius 3 is 2.65 bits per heavy atom. The molecule has 0 atom stereocenters. The molecule has 1 aromatic heterocycles. The van der Waals surface area contributed by atoms with Crippen LogP contribution in [0.4, 0.5) is 4.39 Å². The Kier molecular flexibility index (Phi) is 7.35. The molecule has 0 spiro atoms. The molecule has 1 fully saturated rings. The van der Waals surface area contributed by atoms with Gasteiger partial charge < -0.3 is 10.2 Å². The fraction of sp³-hybridized carbons (Fsp3) is 0.385. The number of benzene rings is 2. The van der Waals surface area contributed by atoms with Crippen LogP contribution in [0, 0.1) is 18.7 Å². The molecule has 1 aliphatic rings. The van der Waals surface area contributed by atoms with E-state index in [0.29, 0.717) is 55.4 Å². The number of piperidine rings is 1. The maximum absolute atomic E-state index is 13.7. The number of fused-ring (bicyclic) bond motifs is 1. The van der Waals surface area contributed by atoms with Crippen LogP contribution in [-0.2, 0) is 22.6 Å². The van der Waals surface area contributed by atoms with Crippen LogP contribution >= 0.6 is 0 Å². The van der Waals surface area contributed by atoms with Gasteiger partial charge in [0.1, 0.15) is 5.82 Å². The minimum absolute atomic E-state index is 0.0327. The molecule has 3 aromatic rings. The molecule has 2 amide bonds. The number of nitrogens with one attached hydrogen (secondary N) is 1. The predicted molar refractivity (Wildman–Crippen MR) is 128 cm³/mol. The van der Waals surface area contributed by atoms with Gasteiger partial charge in [0.15, 0.2) is 0 Å². The average molecular weight is 465 g/mol. The summed E-state index contributed by atoms with van der Waals surface area (Å²) in [7, 11) is 0. The summed E-state index contributed by atoms with van der Waals surface area (Å²) >= 11 is 0. The molecule has 178 valence electrons. The van der Waals surface area contributed by atoms with Crippen molar-refractivity contribution < 1.29 is 14.0 Å². The second-order valence-electron chi connectivity index (χ2n) is 8.75. The quantitative estimate of drug-likeness (QED) is 0.583. The van der Waals surface area contributed by atoms with Gasteiger partial charge in [-0.15, -0.1) is 0 Å². The lowest BCUT2D eigenvalue weighted by molar-refractivity contribution is -0.135. The van der Waals surface area contributed by atoms with Crippen molar-refractivity contribution in [2.45, 2.75) is 39.2 Å². The summed E-state index contributed by atoms with van der Waals surface area (Å²) < 4.78 is 15.2. The summed E-state index contributed by atoms with van der Waals surface area (Å²) in [5.74, 6) is -0.497. The molecule has 0 saturated carbocycles. The Balaban J connectivity index is 1.23. The number of aromatic nitrogens is 2. The molecule has 2 heterocycles. The number of hydrogen-bond donors (Lipinski definition) is 1. The number of halogens is 1. The van der Waals surface area contributed by atoms with Crippen molar-refractivity contribution in [2.75, 3.05) is 19.6 Å². The van der Waals surface area contributed by atoms with E-state index < -0.39 is 0 Å². The van der Waals surface area contributed by atoms with Crippen molar-refractivity contribution >= 4 is 22.7 Å². The van der Waals surface area contributed by atoms with E-state index in [0.717, 1.165) is 5.56 Å². The standard InChI is InChI=1S/C26H29FN4O3/c1-18-5-4-7-21-24(18)29-17-31(26(21)34)16-12-23(32)30-14-10-20(11-15-30)25(33)28-13-9-19-6-2-3-8-22(19)27/h2-8,17,20H,9-16H2,1H3,(H,28,33). The predicted octanol–water partition coefficient (Wildman–Crippen LogP) is 2.83. The summed E-state index contributed by atoms with van der Waals surface area (Å²) in [4.78, 5) is 44.0. The molecule has 0 radical (unpaired) electrons. The molecule has 8 heteroatoms. The van der Waals surface area contributed by atoms with E-state index in [1.165, 1.54) is 17.0 Å². The molecule has 7 nitrogen and oxygen atoms in total. The number of likely N-dealkylation sites (tertiary alicyclic amines) is 1. The van der Waals surface area contributed by atoms with Crippen LogP contribution in [0.3, 0.4) is 0 Å². The monoisotopic (exact) mass is 464 g/mol. The highest BCUT2D eigenvalue weighted by Gasteiger charge is 2.27. The first kappa shape index (κ1) is 23.6. The lowest BCUT2D eigenvalue weighted by atomic mass is 9.95. The average Bonchev–Trinajstić information content (AvgIpc) is 2.85. The zero-order valence-electron chi connectivity index (χ0n) is 19.3. The van der Waals surface area contributed by atoms with Crippen molar-refractivity contribution in [2.24, 2.45) is 5.92 Å². The van der Waals surface area contributed by atoms with Crippen LogP contribution in [0.2, 0.25) is 0 Å². The van der Waals surface area contributed by atoms with Crippen LogP contribution in [0.15, 0.2) is 53.6 Å². The molecule has 1 aliphatic heterocycles. The Hall–Kier alpha value is -3.55. The number of amides is 2. The third-order valence-corrected chi connectivity index (χ3v) is 6.49. The van der Waals surface area contributed by atoms with Crippen molar-refractivity contribution in [1.82, 2.24) is 19.8 Å². The fourth-order valence-electron chi connectivity index (χ4n) is 4.43. The van der Waals surface area contributed by atoms with E-state index in [1.54, 1.807) is 29.2 Å². The number of hydrogen-bond acceptors (Lipinski definition) is 4. The first-order valence-electron chi connectivity index (χ1n) is 11.7. The molecule has 0 aliphatic carbocycles. The van der Waals surface area contributed by atoms with Crippen molar-refractivity contribution in [3.63, 3.8) is 0 Å². The Morgan fingerprint density at radius 1 is 1.12 bits per heavy atom. The van der Waals surface area contributed by atoms with E-state index in [4.69, 9.17) is 0 Å². The maximum Gasteiger partial charge on any atom is 0.261 e. The van der Waals surface area contributed by atoms with E-state index in [-0.39, 0.29) is 42.1 Å². The topological polar surface area (TPSA) is 84.3 Å². The van der Waals surface area contributed by atoms with Gasteiger partial charge in [-0.3, -0.25) is 19.0 Å². The zero-order valence-corrected chi connectivity index (χ0v) is 19.3. The number of rotatable bonds is 7. The van der Waals surface area contributed by atoms with Crippen molar-refractivity contribution in [3.05, 3.63) is 76.1 Å². The zero-order chi connectivity index (χ0) is 24.1. The molecule has 2 aromatic carbocycles. The minimum Gasteiger partial charge on any atom is -0.356 e. The molecule has 34 heavy (non-hydrogen) atoms. The number of para-hydroxylation sites is 1. The van der Waals surface area contributed by atoms with Gasteiger partial charge >= 0.3 is 0 Å². The molecule has 1 N–H and O–H groups in total. The Morgan fingerprint density at radius 2 is 1.88 bits per heavy atom. The van der Waals surface area contributed by atoms with Gasteiger partial charge in [0.25, 0.3) is 5.56 Å². The smallest absolute Gasteiger partial charge is 0.261 e. The first-order chi connectivity index (χ1) is 16.4. The SMILES string of the molecule is Cc1cccc2c(=O)n(CCC(=O)N3CCC(C(=O)NCCc4ccccc4F)CC3)cnc12.